The molecule has 0 spiro atoms. The van der Waals surface area contributed by atoms with Crippen molar-refractivity contribution in [3.63, 3.8) is 0 Å². The number of para-hydroxylation sites is 1. The molecule has 27 heavy (non-hydrogen) atoms. The normalized spacial score (nSPS) is 10.5. The van der Waals surface area contributed by atoms with Gasteiger partial charge in [0, 0.05) is 0 Å². The molecule has 0 saturated heterocycles. The van der Waals surface area contributed by atoms with Crippen LogP contribution in [0.3, 0.4) is 0 Å². The molecule has 1 amide bonds. The number of carbonyl (C=O) groups excluding carboxylic acids is 1. The summed E-state index contributed by atoms with van der Waals surface area (Å²) in [6.07, 6.45) is 6.46. The third-order valence-electron chi connectivity index (χ3n) is 3.35. The highest BCUT2D eigenvalue weighted by Crippen LogP contribution is 2.37. The van der Waals surface area contributed by atoms with Crippen LogP contribution >= 0.6 is 11.6 Å². The van der Waals surface area contributed by atoms with Crippen LogP contribution < -0.4 is 14.8 Å². The fourth-order valence-corrected chi connectivity index (χ4v) is 2.42. The van der Waals surface area contributed by atoms with Crippen LogP contribution in [0.5, 0.6) is 11.5 Å². The fraction of sp³-hybridized carbons (Fsp3) is 0.100. The molecule has 136 valence electrons. The summed E-state index contributed by atoms with van der Waals surface area (Å²) in [5.41, 5.74) is 0.149. The lowest BCUT2D eigenvalue weighted by atomic mass is 10.1. The Morgan fingerprint density at radius 2 is 2.15 bits per heavy atom. The van der Waals surface area contributed by atoms with Gasteiger partial charge in [0.05, 0.1) is 17.8 Å². The average Bonchev–Trinajstić information content (AvgIpc) is 2.66. The molecule has 2 aromatic rings. The lowest BCUT2D eigenvalue weighted by molar-refractivity contribution is -0.112. The topological polar surface area (TPSA) is 71.3 Å². The number of nitriles is 1. The van der Waals surface area contributed by atoms with Gasteiger partial charge in [-0.1, -0.05) is 29.7 Å². The third-order valence-corrected chi connectivity index (χ3v) is 3.63. The van der Waals surface area contributed by atoms with E-state index in [1.807, 2.05) is 0 Å². The van der Waals surface area contributed by atoms with Crippen LogP contribution in [0, 0.1) is 29.5 Å². The van der Waals surface area contributed by atoms with Gasteiger partial charge in [-0.15, -0.1) is 6.42 Å². The number of nitrogens with one attached hydrogen (secondary N) is 1. The maximum Gasteiger partial charge on any atom is 0.266 e. The molecule has 7 heteroatoms. The number of terminal acetylenes is 1. The van der Waals surface area contributed by atoms with Gasteiger partial charge < -0.3 is 14.8 Å². The predicted octanol–water partition coefficient (Wildman–Crippen LogP) is 4.05. The molecule has 0 atom stereocenters. The van der Waals surface area contributed by atoms with Gasteiger partial charge in [0.1, 0.15) is 24.1 Å². The molecular weight excluding hydrogens is 371 g/mol. The first-order chi connectivity index (χ1) is 13.0. The maximum atomic E-state index is 13.7. The van der Waals surface area contributed by atoms with Gasteiger partial charge in [-0.25, -0.2) is 4.39 Å². The Balaban J connectivity index is 2.33. The van der Waals surface area contributed by atoms with E-state index in [1.165, 1.54) is 43.5 Å². The Kier molecular flexibility index (Phi) is 6.82. The van der Waals surface area contributed by atoms with E-state index in [9.17, 15) is 14.4 Å². The van der Waals surface area contributed by atoms with Crippen LogP contribution in [-0.2, 0) is 4.79 Å². The van der Waals surface area contributed by atoms with Crippen molar-refractivity contribution in [2.24, 2.45) is 0 Å². The number of nitrogens with zero attached hydrogens (tertiary/aromatic N) is 1. The largest absolute Gasteiger partial charge is 0.493 e. The Morgan fingerprint density at radius 3 is 2.78 bits per heavy atom. The van der Waals surface area contributed by atoms with Crippen molar-refractivity contribution in [3.05, 3.63) is 58.4 Å². The summed E-state index contributed by atoms with van der Waals surface area (Å²) >= 11 is 6.17. The number of methoxy groups -OCH3 is 1. The second-order valence-electron chi connectivity index (χ2n) is 5.13. The Labute approximate surface area is 161 Å². The molecule has 2 aromatic carbocycles. The number of amides is 1. The highest BCUT2D eigenvalue weighted by molar-refractivity contribution is 6.32. The van der Waals surface area contributed by atoms with Crippen LogP contribution in [0.4, 0.5) is 10.1 Å². The zero-order chi connectivity index (χ0) is 19.8. The summed E-state index contributed by atoms with van der Waals surface area (Å²) in [7, 11) is 1.41. The predicted molar refractivity (Wildman–Crippen MR) is 101 cm³/mol. The zero-order valence-electron chi connectivity index (χ0n) is 14.3. The molecule has 1 N–H and O–H groups in total. The van der Waals surface area contributed by atoms with E-state index in [0.717, 1.165) is 0 Å². The summed E-state index contributed by atoms with van der Waals surface area (Å²) in [5.74, 6) is 1.49. The highest BCUT2D eigenvalue weighted by atomic mass is 35.5. The summed E-state index contributed by atoms with van der Waals surface area (Å²) in [5, 5.41) is 11.8. The molecule has 0 saturated carbocycles. The minimum absolute atomic E-state index is 0.000241. The van der Waals surface area contributed by atoms with Crippen molar-refractivity contribution in [3.8, 4) is 29.9 Å². The number of hydrogen-bond donors (Lipinski definition) is 1. The lowest BCUT2D eigenvalue weighted by Crippen LogP contribution is -2.14. The van der Waals surface area contributed by atoms with E-state index in [2.05, 4.69) is 11.2 Å². The first kappa shape index (κ1) is 19.8. The monoisotopic (exact) mass is 384 g/mol. The van der Waals surface area contributed by atoms with E-state index < -0.39 is 11.7 Å². The van der Waals surface area contributed by atoms with E-state index in [1.54, 1.807) is 12.1 Å². The minimum atomic E-state index is -0.759. The summed E-state index contributed by atoms with van der Waals surface area (Å²) in [6, 6.07) is 10.4. The van der Waals surface area contributed by atoms with E-state index in [0.29, 0.717) is 5.56 Å². The third kappa shape index (κ3) is 5.01. The Hall–Kier alpha value is -3.48. The molecule has 0 fully saturated rings. The van der Waals surface area contributed by atoms with Gasteiger partial charge in [-0.3, -0.25) is 4.79 Å². The van der Waals surface area contributed by atoms with Gasteiger partial charge in [-0.05, 0) is 35.9 Å². The molecule has 2 rings (SSSR count). The number of carbonyl (C=O) groups is 1. The van der Waals surface area contributed by atoms with Crippen LogP contribution in [0.2, 0.25) is 5.02 Å². The second kappa shape index (κ2) is 9.28. The molecule has 0 aliphatic carbocycles. The Morgan fingerprint density at radius 1 is 1.41 bits per heavy atom. The van der Waals surface area contributed by atoms with Crippen molar-refractivity contribution < 1.29 is 18.7 Å². The first-order valence-corrected chi connectivity index (χ1v) is 7.99. The summed E-state index contributed by atoms with van der Waals surface area (Å²) in [6.45, 7) is -0.000241. The number of ether oxygens (including phenoxy) is 2. The molecule has 0 bridgehead atoms. The molecule has 0 unspecified atom stereocenters. The van der Waals surface area contributed by atoms with Crippen LogP contribution in [0.25, 0.3) is 6.08 Å². The smallest absolute Gasteiger partial charge is 0.266 e. The molecule has 0 radical (unpaired) electrons. The Bertz CT molecular complexity index is 974. The van der Waals surface area contributed by atoms with Gasteiger partial charge in [-0.2, -0.15) is 5.26 Å². The van der Waals surface area contributed by atoms with Crippen molar-refractivity contribution >= 4 is 29.3 Å². The lowest BCUT2D eigenvalue weighted by Gasteiger charge is -2.12. The molecule has 0 heterocycles. The molecular formula is C20H14ClFN2O3. The second-order valence-corrected chi connectivity index (χ2v) is 5.54. The maximum absolute atomic E-state index is 13.7. The van der Waals surface area contributed by atoms with E-state index in [-0.39, 0.29) is 34.4 Å². The van der Waals surface area contributed by atoms with Crippen LogP contribution in [0.1, 0.15) is 5.56 Å². The standard InChI is InChI=1S/C20H14ClFN2O3/c1-3-8-27-19-15(21)10-13(11-18(19)26-2)9-14(12-23)20(25)24-17-7-5-4-6-16(17)22/h1,4-7,9-11H,8H2,2H3,(H,24,25)/b14-9+. The number of halogens is 2. The van der Waals surface area contributed by atoms with Crippen LogP contribution in [0.15, 0.2) is 42.0 Å². The summed E-state index contributed by atoms with van der Waals surface area (Å²) < 4.78 is 24.2. The SMILES string of the molecule is C#CCOc1c(Cl)cc(/C=C(\C#N)C(=O)Nc2ccccc2F)cc1OC. The molecule has 0 aliphatic rings. The number of benzene rings is 2. The molecule has 0 aliphatic heterocycles. The highest BCUT2D eigenvalue weighted by Gasteiger charge is 2.15. The van der Waals surface area contributed by atoms with Gasteiger partial charge in [0.2, 0.25) is 0 Å². The van der Waals surface area contributed by atoms with Crippen molar-refractivity contribution in [2.45, 2.75) is 0 Å². The van der Waals surface area contributed by atoms with Crippen molar-refractivity contribution in [2.75, 3.05) is 19.0 Å². The average molecular weight is 385 g/mol. The van der Waals surface area contributed by atoms with Crippen molar-refractivity contribution in [1.82, 2.24) is 0 Å². The minimum Gasteiger partial charge on any atom is -0.493 e. The quantitative estimate of drug-likeness (QED) is 0.463. The van der Waals surface area contributed by atoms with Crippen LogP contribution in [-0.4, -0.2) is 19.6 Å². The fourth-order valence-electron chi connectivity index (χ4n) is 2.14. The number of hydrogen-bond acceptors (Lipinski definition) is 4. The van der Waals surface area contributed by atoms with E-state index in [4.69, 9.17) is 27.5 Å². The van der Waals surface area contributed by atoms with Crippen molar-refractivity contribution in [1.29, 1.82) is 5.26 Å². The van der Waals surface area contributed by atoms with E-state index >= 15 is 0 Å². The molecule has 5 nitrogen and oxygen atoms in total. The number of rotatable bonds is 6. The first-order valence-electron chi connectivity index (χ1n) is 7.61. The summed E-state index contributed by atoms with van der Waals surface area (Å²) in [4.78, 5) is 12.3. The molecule has 0 aromatic heterocycles. The zero-order valence-corrected chi connectivity index (χ0v) is 15.0. The van der Waals surface area contributed by atoms with Gasteiger partial charge >= 0.3 is 0 Å². The van der Waals surface area contributed by atoms with Gasteiger partial charge in [0.25, 0.3) is 5.91 Å². The van der Waals surface area contributed by atoms with Gasteiger partial charge in [0.15, 0.2) is 11.5 Å². The number of anilines is 1.